The molecule has 3 rings (SSSR count). The smallest absolute Gasteiger partial charge is 0.233 e. The predicted octanol–water partition coefficient (Wildman–Crippen LogP) is 2.56. The lowest BCUT2D eigenvalue weighted by molar-refractivity contribution is -0.121. The van der Waals surface area contributed by atoms with Crippen molar-refractivity contribution in [1.29, 1.82) is 0 Å². The van der Waals surface area contributed by atoms with Gasteiger partial charge < -0.3 is 16.0 Å². The summed E-state index contributed by atoms with van der Waals surface area (Å²) in [4.78, 5) is 21.3. The number of carbonyl (C=O) groups excluding carboxylic acids is 1. The Morgan fingerprint density at radius 2 is 1.65 bits per heavy atom. The summed E-state index contributed by atoms with van der Waals surface area (Å²) < 4.78 is 0. The standard InChI is InChI=1S/C24H29N5OSi/c1-18-6-5-8-22(29-18)16-25-14-19-9-11-20(12-10-19)15-27-23(30)24(31-2)28-17-21-7-3-4-13-26-21/h3-13,24-25,28H,14-17H2,1-2H3,(H,27,30)/t24-/m0/s1. The molecule has 0 fully saturated rings. The molecular weight excluding hydrogens is 402 g/mol. The fourth-order valence-corrected chi connectivity index (χ4v) is 3.80. The van der Waals surface area contributed by atoms with Crippen molar-refractivity contribution in [2.24, 2.45) is 0 Å². The van der Waals surface area contributed by atoms with Gasteiger partial charge in [-0.25, -0.2) is 0 Å². The molecule has 160 valence electrons. The Bertz CT molecular complexity index is 950. The molecule has 6 nitrogen and oxygen atoms in total. The van der Waals surface area contributed by atoms with E-state index in [0.29, 0.717) is 22.6 Å². The van der Waals surface area contributed by atoms with Crippen LogP contribution in [0.2, 0.25) is 6.55 Å². The summed E-state index contributed by atoms with van der Waals surface area (Å²) in [6.07, 6.45) is 1.76. The SMILES string of the molecule is C[Si][C@H](NCc1ccccn1)C(=O)NCc1ccc(CNCc2cccc(C)n2)cc1. The summed E-state index contributed by atoms with van der Waals surface area (Å²) in [6, 6.07) is 20.2. The quantitative estimate of drug-likeness (QED) is 0.407. The minimum atomic E-state index is -0.208. The van der Waals surface area contributed by atoms with Crippen LogP contribution in [0.4, 0.5) is 0 Å². The number of carbonyl (C=O) groups is 1. The molecule has 0 saturated heterocycles. The monoisotopic (exact) mass is 431 g/mol. The number of aromatic nitrogens is 2. The normalized spacial score (nSPS) is 11.8. The summed E-state index contributed by atoms with van der Waals surface area (Å²) >= 11 is 0. The maximum Gasteiger partial charge on any atom is 0.233 e. The van der Waals surface area contributed by atoms with Crippen molar-refractivity contribution in [3.63, 3.8) is 0 Å². The molecule has 0 aliphatic heterocycles. The maximum absolute atomic E-state index is 12.5. The van der Waals surface area contributed by atoms with Crippen molar-refractivity contribution in [3.8, 4) is 0 Å². The Labute approximate surface area is 186 Å². The lowest BCUT2D eigenvalue weighted by Gasteiger charge is -2.16. The van der Waals surface area contributed by atoms with Crippen molar-refractivity contribution in [1.82, 2.24) is 25.9 Å². The van der Waals surface area contributed by atoms with Gasteiger partial charge in [-0.1, -0.05) is 42.9 Å². The highest BCUT2D eigenvalue weighted by molar-refractivity contribution is 6.42. The Balaban J connectivity index is 1.40. The van der Waals surface area contributed by atoms with Crippen molar-refractivity contribution in [2.75, 3.05) is 0 Å². The zero-order valence-electron chi connectivity index (χ0n) is 18.1. The van der Waals surface area contributed by atoms with E-state index in [4.69, 9.17) is 0 Å². The second kappa shape index (κ2) is 12.1. The molecule has 2 heterocycles. The minimum absolute atomic E-state index is 0.0214. The van der Waals surface area contributed by atoms with E-state index in [0.717, 1.165) is 35.7 Å². The largest absolute Gasteiger partial charge is 0.351 e. The van der Waals surface area contributed by atoms with Crippen LogP contribution in [-0.2, 0) is 31.0 Å². The molecular formula is C24H29N5OSi. The maximum atomic E-state index is 12.5. The highest BCUT2D eigenvalue weighted by Gasteiger charge is 2.16. The van der Waals surface area contributed by atoms with Crippen LogP contribution in [-0.4, -0.2) is 31.1 Å². The van der Waals surface area contributed by atoms with Crippen molar-refractivity contribution >= 4 is 15.4 Å². The first-order valence-corrected chi connectivity index (χ1v) is 12.0. The zero-order valence-corrected chi connectivity index (χ0v) is 19.1. The molecule has 2 aromatic heterocycles. The number of aryl methyl sites for hydroxylation is 1. The van der Waals surface area contributed by atoms with Gasteiger partial charge in [0.25, 0.3) is 0 Å². The number of benzene rings is 1. The molecule has 0 bridgehead atoms. The lowest BCUT2D eigenvalue weighted by Crippen LogP contribution is -2.46. The number of amides is 1. The van der Waals surface area contributed by atoms with Crippen LogP contribution < -0.4 is 16.0 Å². The molecule has 0 saturated carbocycles. The highest BCUT2D eigenvalue weighted by Crippen LogP contribution is 2.05. The van der Waals surface area contributed by atoms with Crippen LogP contribution in [0, 0.1) is 6.92 Å². The summed E-state index contributed by atoms with van der Waals surface area (Å²) in [7, 11) is 0.469. The molecule has 3 aromatic rings. The van der Waals surface area contributed by atoms with Gasteiger partial charge in [0.1, 0.15) is 0 Å². The van der Waals surface area contributed by atoms with Gasteiger partial charge in [-0.05, 0) is 42.3 Å². The average molecular weight is 432 g/mol. The molecule has 0 aliphatic rings. The molecule has 1 aromatic carbocycles. The molecule has 0 spiro atoms. The third-order valence-corrected chi connectivity index (χ3v) is 5.88. The first kappa shape index (κ1) is 22.8. The van der Waals surface area contributed by atoms with E-state index in [9.17, 15) is 4.79 Å². The molecule has 3 N–H and O–H groups in total. The van der Waals surface area contributed by atoms with E-state index in [1.54, 1.807) is 6.20 Å². The van der Waals surface area contributed by atoms with E-state index in [1.165, 1.54) is 5.56 Å². The molecule has 7 heteroatoms. The number of nitrogens with zero attached hydrogens (tertiary/aromatic N) is 2. The summed E-state index contributed by atoms with van der Waals surface area (Å²) in [5.74, 6) is 0.0214. The van der Waals surface area contributed by atoms with Gasteiger partial charge in [-0.3, -0.25) is 14.8 Å². The zero-order chi connectivity index (χ0) is 21.9. The van der Waals surface area contributed by atoms with Crippen LogP contribution in [0.25, 0.3) is 0 Å². The highest BCUT2D eigenvalue weighted by atomic mass is 28.2. The van der Waals surface area contributed by atoms with Gasteiger partial charge in [0.2, 0.25) is 5.91 Å². The number of rotatable bonds is 11. The van der Waals surface area contributed by atoms with Crippen LogP contribution in [0.5, 0.6) is 0 Å². The van der Waals surface area contributed by atoms with Gasteiger partial charge in [-0.2, -0.15) is 0 Å². The molecule has 0 unspecified atom stereocenters. The van der Waals surface area contributed by atoms with Crippen molar-refractivity contribution < 1.29 is 4.79 Å². The summed E-state index contributed by atoms with van der Waals surface area (Å²) in [5.41, 5.74) is 5.08. The molecule has 31 heavy (non-hydrogen) atoms. The van der Waals surface area contributed by atoms with Crippen LogP contribution in [0.15, 0.2) is 66.9 Å². The van der Waals surface area contributed by atoms with E-state index in [-0.39, 0.29) is 11.6 Å². The second-order valence-corrected chi connectivity index (χ2v) is 8.49. The minimum Gasteiger partial charge on any atom is -0.351 e. The number of hydrogen-bond donors (Lipinski definition) is 3. The Morgan fingerprint density at radius 1 is 0.903 bits per heavy atom. The third-order valence-electron chi connectivity index (χ3n) is 4.84. The van der Waals surface area contributed by atoms with Crippen LogP contribution in [0.3, 0.4) is 0 Å². The topological polar surface area (TPSA) is 78.9 Å². The first-order chi connectivity index (χ1) is 15.1. The summed E-state index contributed by atoms with van der Waals surface area (Å²) in [6.45, 7) is 6.65. The Hall–Kier alpha value is -2.87. The third kappa shape index (κ3) is 7.71. The lowest BCUT2D eigenvalue weighted by atomic mass is 10.1. The number of hydrogen-bond acceptors (Lipinski definition) is 5. The van der Waals surface area contributed by atoms with Crippen molar-refractivity contribution in [3.05, 3.63) is 95.1 Å². The Kier molecular flexibility index (Phi) is 8.90. The van der Waals surface area contributed by atoms with E-state index >= 15 is 0 Å². The van der Waals surface area contributed by atoms with Crippen LogP contribution >= 0.6 is 0 Å². The fourth-order valence-electron chi connectivity index (χ4n) is 3.13. The van der Waals surface area contributed by atoms with Gasteiger partial charge >= 0.3 is 0 Å². The average Bonchev–Trinajstić information content (AvgIpc) is 2.80. The Morgan fingerprint density at radius 3 is 2.32 bits per heavy atom. The van der Waals surface area contributed by atoms with Crippen molar-refractivity contribution in [2.45, 2.75) is 45.3 Å². The second-order valence-electron chi connectivity index (χ2n) is 7.33. The number of pyridine rings is 2. The van der Waals surface area contributed by atoms with Gasteiger partial charge in [0.05, 0.1) is 26.6 Å². The van der Waals surface area contributed by atoms with Gasteiger partial charge in [-0.15, -0.1) is 0 Å². The fraction of sp³-hybridized carbons (Fsp3) is 0.292. The van der Waals surface area contributed by atoms with Gasteiger partial charge in [0.15, 0.2) is 0 Å². The molecule has 2 radical (unpaired) electrons. The molecule has 1 amide bonds. The van der Waals surface area contributed by atoms with Gasteiger partial charge in [0, 0.05) is 38.1 Å². The van der Waals surface area contributed by atoms with Crippen LogP contribution in [0.1, 0.15) is 28.2 Å². The first-order valence-electron chi connectivity index (χ1n) is 10.4. The molecule has 0 aliphatic carbocycles. The summed E-state index contributed by atoms with van der Waals surface area (Å²) in [5, 5.41) is 9.75. The number of nitrogens with one attached hydrogen (secondary N) is 3. The van der Waals surface area contributed by atoms with E-state index < -0.39 is 0 Å². The molecule has 1 atom stereocenters. The van der Waals surface area contributed by atoms with E-state index in [1.807, 2.05) is 49.9 Å². The predicted molar refractivity (Wildman–Crippen MR) is 124 cm³/mol. The van der Waals surface area contributed by atoms with E-state index in [2.05, 4.69) is 50.2 Å².